The molecule has 0 saturated carbocycles. The molecule has 0 saturated heterocycles. The molecular formula is C7H11N5S. The molecule has 0 aliphatic rings. The summed E-state index contributed by atoms with van der Waals surface area (Å²) < 4.78 is 1.68. The van der Waals surface area contributed by atoms with Gasteiger partial charge in [-0.25, -0.2) is 4.68 Å². The zero-order valence-electron chi connectivity index (χ0n) is 7.40. The Morgan fingerprint density at radius 3 is 3.15 bits per heavy atom. The molecule has 0 aliphatic heterocycles. The first-order chi connectivity index (χ1) is 6.38. The average molecular weight is 197 g/mol. The Morgan fingerprint density at radius 1 is 1.62 bits per heavy atom. The van der Waals surface area contributed by atoms with E-state index in [-0.39, 0.29) is 0 Å². The number of tetrazole rings is 1. The third kappa shape index (κ3) is 3.05. The highest BCUT2D eigenvalue weighted by Gasteiger charge is 2.03. The fraction of sp³-hybridized carbons (Fsp3) is 0.571. The molecule has 5 nitrogen and oxygen atoms in total. The van der Waals surface area contributed by atoms with Crippen LogP contribution in [0, 0.1) is 11.8 Å². The molecule has 1 heterocycles. The molecule has 0 amide bonds. The summed E-state index contributed by atoms with van der Waals surface area (Å²) in [7, 11) is 0. The minimum Gasteiger partial charge on any atom is -0.329 e. The molecule has 2 N–H and O–H groups in total. The topological polar surface area (TPSA) is 69.6 Å². The van der Waals surface area contributed by atoms with Crippen LogP contribution >= 0.6 is 11.8 Å². The van der Waals surface area contributed by atoms with Gasteiger partial charge in [0, 0.05) is 6.54 Å². The van der Waals surface area contributed by atoms with E-state index in [0.717, 1.165) is 5.16 Å². The van der Waals surface area contributed by atoms with Crippen molar-refractivity contribution in [2.75, 3.05) is 12.3 Å². The summed E-state index contributed by atoms with van der Waals surface area (Å²) in [6.45, 7) is 3.00. The van der Waals surface area contributed by atoms with Crippen LogP contribution in [0.25, 0.3) is 0 Å². The monoisotopic (exact) mass is 197 g/mol. The lowest BCUT2D eigenvalue weighted by Gasteiger charge is -1.98. The highest BCUT2D eigenvalue weighted by molar-refractivity contribution is 7.99. The summed E-state index contributed by atoms with van der Waals surface area (Å²) >= 11 is 1.52. The van der Waals surface area contributed by atoms with Crippen molar-refractivity contribution < 1.29 is 0 Å². The van der Waals surface area contributed by atoms with Crippen molar-refractivity contribution in [1.29, 1.82) is 0 Å². The molecule has 70 valence electrons. The van der Waals surface area contributed by atoms with Gasteiger partial charge in [-0.1, -0.05) is 17.7 Å². The maximum Gasteiger partial charge on any atom is 0.210 e. The van der Waals surface area contributed by atoms with Crippen LogP contribution in [0.3, 0.4) is 0 Å². The molecule has 0 bridgehead atoms. The molecule has 6 heteroatoms. The van der Waals surface area contributed by atoms with Gasteiger partial charge >= 0.3 is 0 Å². The van der Waals surface area contributed by atoms with Crippen molar-refractivity contribution in [3.8, 4) is 11.8 Å². The molecule has 13 heavy (non-hydrogen) atoms. The predicted molar refractivity (Wildman–Crippen MR) is 51.0 cm³/mol. The van der Waals surface area contributed by atoms with E-state index in [1.165, 1.54) is 11.8 Å². The number of nitrogens with two attached hydrogens (primary N) is 1. The molecule has 0 radical (unpaired) electrons. The van der Waals surface area contributed by atoms with Crippen LogP contribution in [0.4, 0.5) is 0 Å². The smallest absolute Gasteiger partial charge is 0.210 e. The van der Waals surface area contributed by atoms with Crippen LogP contribution in [0.15, 0.2) is 5.16 Å². The Labute approximate surface area is 81.1 Å². The van der Waals surface area contributed by atoms with Gasteiger partial charge in [0.2, 0.25) is 5.16 Å². The Bertz CT molecular complexity index is 310. The summed E-state index contributed by atoms with van der Waals surface area (Å²) in [4.78, 5) is 0. The third-order valence-electron chi connectivity index (χ3n) is 1.29. The fourth-order valence-corrected chi connectivity index (χ4v) is 1.45. The van der Waals surface area contributed by atoms with E-state index < -0.39 is 0 Å². The zero-order chi connectivity index (χ0) is 9.52. The van der Waals surface area contributed by atoms with Crippen LogP contribution in [-0.4, -0.2) is 32.5 Å². The molecular weight excluding hydrogens is 186 g/mol. The van der Waals surface area contributed by atoms with E-state index in [9.17, 15) is 0 Å². The van der Waals surface area contributed by atoms with Crippen molar-refractivity contribution in [1.82, 2.24) is 20.2 Å². The van der Waals surface area contributed by atoms with Gasteiger partial charge in [0.15, 0.2) is 0 Å². The first-order valence-electron chi connectivity index (χ1n) is 3.87. The van der Waals surface area contributed by atoms with Crippen LogP contribution < -0.4 is 5.73 Å². The highest BCUT2D eigenvalue weighted by atomic mass is 32.2. The minimum absolute atomic E-state index is 0.540. The second-order valence-electron chi connectivity index (χ2n) is 2.19. The number of aromatic nitrogens is 4. The Hall–Kier alpha value is -1.06. The van der Waals surface area contributed by atoms with E-state index in [0.29, 0.717) is 18.8 Å². The van der Waals surface area contributed by atoms with Gasteiger partial charge in [0.25, 0.3) is 0 Å². The lowest BCUT2D eigenvalue weighted by Crippen LogP contribution is -2.12. The number of rotatable bonds is 4. The van der Waals surface area contributed by atoms with E-state index in [2.05, 4.69) is 27.4 Å². The van der Waals surface area contributed by atoms with Crippen molar-refractivity contribution >= 4 is 11.8 Å². The zero-order valence-corrected chi connectivity index (χ0v) is 8.21. The largest absolute Gasteiger partial charge is 0.329 e. The first kappa shape index (κ1) is 10.0. The average Bonchev–Trinajstić information content (AvgIpc) is 2.54. The van der Waals surface area contributed by atoms with E-state index in [1.54, 1.807) is 4.68 Å². The van der Waals surface area contributed by atoms with Gasteiger partial charge in [-0.3, -0.25) is 0 Å². The molecule has 0 fully saturated rings. The van der Waals surface area contributed by atoms with Crippen LogP contribution in [0.5, 0.6) is 0 Å². The summed E-state index contributed by atoms with van der Waals surface area (Å²) in [6.07, 6.45) is 0. The SMILES string of the molecule is CC#CCSc1nnnn1CCN. The van der Waals surface area contributed by atoms with Crippen LogP contribution in [-0.2, 0) is 6.54 Å². The number of hydrogen-bond acceptors (Lipinski definition) is 5. The van der Waals surface area contributed by atoms with E-state index in [1.807, 2.05) is 6.92 Å². The van der Waals surface area contributed by atoms with Gasteiger partial charge < -0.3 is 5.73 Å². The van der Waals surface area contributed by atoms with Gasteiger partial charge in [-0.2, -0.15) is 0 Å². The Balaban J connectivity index is 2.52. The van der Waals surface area contributed by atoms with Gasteiger partial charge in [-0.15, -0.1) is 11.0 Å². The number of thioether (sulfide) groups is 1. The molecule has 0 aromatic carbocycles. The van der Waals surface area contributed by atoms with Gasteiger partial charge in [0.05, 0.1) is 12.3 Å². The predicted octanol–water partition coefficient (Wildman–Crippen LogP) is -0.253. The van der Waals surface area contributed by atoms with Crippen molar-refractivity contribution in [3.63, 3.8) is 0 Å². The maximum absolute atomic E-state index is 5.39. The summed E-state index contributed by atoms with van der Waals surface area (Å²) in [6, 6.07) is 0. The second kappa shape index (κ2) is 5.56. The van der Waals surface area contributed by atoms with Crippen LogP contribution in [0.1, 0.15) is 6.92 Å². The van der Waals surface area contributed by atoms with Gasteiger partial charge in [-0.05, 0) is 17.4 Å². The normalized spacial score (nSPS) is 9.38. The Morgan fingerprint density at radius 2 is 2.46 bits per heavy atom. The van der Waals surface area contributed by atoms with Crippen molar-refractivity contribution in [2.24, 2.45) is 5.73 Å². The first-order valence-corrected chi connectivity index (χ1v) is 4.85. The van der Waals surface area contributed by atoms with Crippen LogP contribution in [0.2, 0.25) is 0 Å². The fourth-order valence-electron chi connectivity index (χ4n) is 0.735. The van der Waals surface area contributed by atoms with E-state index in [4.69, 9.17) is 5.73 Å². The number of hydrogen-bond donors (Lipinski definition) is 1. The molecule has 0 unspecified atom stereocenters. The summed E-state index contributed by atoms with van der Waals surface area (Å²) in [5.41, 5.74) is 5.39. The number of nitrogens with zero attached hydrogens (tertiary/aromatic N) is 4. The lowest BCUT2D eigenvalue weighted by atomic mass is 10.7. The molecule has 1 aromatic rings. The lowest BCUT2D eigenvalue weighted by molar-refractivity contribution is 0.557. The van der Waals surface area contributed by atoms with Gasteiger partial charge in [0.1, 0.15) is 0 Å². The molecule has 1 rings (SSSR count). The maximum atomic E-state index is 5.39. The third-order valence-corrected chi connectivity index (χ3v) is 2.13. The van der Waals surface area contributed by atoms with Crippen molar-refractivity contribution in [2.45, 2.75) is 18.6 Å². The second-order valence-corrected chi connectivity index (χ2v) is 3.13. The molecule has 0 aliphatic carbocycles. The molecule has 0 spiro atoms. The van der Waals surface area contributed by atoms with Crippen molar-refractivity contribution in [3.05, 3.63) is 0 Å². The quantitative estimate of drug-likeness (QED) is 0.532. The summed E-state index contributed by atoms with van der Waals surface area (Å²) in [5.74, 6) is 6.45. The molecule has 1 aromatic heterocycles. The standard InChI is InChI=1S/C7H11N5S/c1-2-3-6-13-7-9-10-11-12(7)5-4-8/h4-6,8H2,1H3. The summed E-state index contributed by atoms with van der Waals surface area (Å²) in [5, 5.41) is 12.0. The van der Waals surface area contributed by atoms with E-state index >= 15 is 0 Å². The highest BCUT2D eigenvalue weighted by Crippen LogP contribution is 2.11. The minimum atomic E-state index is 0.540. The molecule has 0 atom stereocenters. The Kier molecular flexibility index (Phi) is 4.29.